The van der Waals surface area contributed by atoms with Crippen molar-refractivity contribution in [3.63, 3.8) is 0 Å². The molecule has 1 unspecified atom stereocenters. The number of aromatic nitrogens is 1. The minimum absolute atomic E-state index is 0.0590. The van der Waals surface area contributed by atoms with E-state index in [1.807, 2.05) is 0 Å². The van der Waals surface area contributed by atoms with Gasteiger partial charge >= 0.3 is 0 Å². The largest absolute Gasteiger partial charge is 0.391 e. The molecule has 0 aromatic carbocycles. The lowest BCUT2D eigenvalue weighted by Crippen LogP contribution is -2.29. The molecule has 0 amide bonds. The highest BCUT2D eigenvalue weighted by Crippen LogP contribution is 2.18. The number of nitrogens with one attached hydrogen (secondary N) is 1. The van der Waals surface area contributed by atoms with E-state index in [9.17, 15) is 13.5 Å². The van der Waals surface area contributed by atoms with E-state index in [1.165, 1.54) is 14.0 Å². The molecular formula is C10H18N2O5S. The number of rotatable bonds is 7. The summed E-state index contributed by atoms with van der Waals surface area (Å²) >= 11 is 0. The van der Waals surface area contributed by atoms with E-state index < -0.39 is 16.1 Å². The Bertz CT molecular complexity index is 463. The topological polar surface area (TPSA) is 102 Å². The first-order valence-electron chi connectivity index (χ1n) is 5.48. The van der Waals surface area contributed by atoms with Gasteiger partial charge in [-0.25, -0.2) is 13.1 Å². The second-order valence-corrected chi connectivity index (χ2v) is 5.65. The Kier molecular flexibility index (Phi) is 5.27. The highest BCUT2D eigenvalue weighted by Gasteiger charge is 2.23. The summed E-state index contributed by atoms with van der Waals surface area (Å²) in [5, 5.41) is 13.0. The van der Waals surface area contributed by atoms with E-state index in [-0.39, 0.29) is 30.2 Å². The zero-order valence-corrected chi connectivity index (χ0v) is 11.5. The maximum absolute atomic E-state index is 12.0. The molecular weight excluding hydrogens is 260 g/mol. The van der Waals surface area contributed by atoms with Gasteiger partial charge in [-0.15, -0.1) is 0 Å². The van der Waals surface area contributed by atoms with Crippen LogP contribution in [0.25, 0.3) is 0 Å². The van der Waals surface area contributed by atoms with Crippen LogP contribution in [0.3, 0.4) is 0 Å². The van der Waals surface area contributed by atoms with Crippen LogP contribution >= 0.6 is 0 Å². The van der Waals surface area contributed by atoms with Crippen molar-refractivity contribution in [3.8, 4) is 0 Å². The zero-order valence-electron chi connectivity index (χ0n) is 10.6. The quantitative estimate of drug-likeness (QED) is 0.726. The summed E-state index contributed by atoms with van der Waals surface area (Å²) in [6, 6.07) is 0. The highest BCUT2D eigenvalue weighted by atomic mass is 32.2. The second-order valence-electron chi connectivity index (χ2n) is 3.95. The molecule has 2 N–H and O–H groups in total. The predicted octanol–water partition coefficient (Wildman–Crippen LogP) is -0.0329. The summed E-state index contributed by atoms with van der Waals surface area (Å²) < 4.78 is 35.8. The Balaban J connectivity index is 2.61. The van der Waals surface area contributed by atoms with Gasteiger partial charge in [0, 0.05) is 13.7 Å². The second kappa shape index (κ2) is 6.28. The normalized spacial score (nSPS) is 13.8. The van der Waals surface area contributed by atoms with Gasteiger partial charge in [0.15, 0.2) is 5.76 Å². The number of nitrogens with zero attached hydrogens (tertiary/aromatic N) is 1. The average Bonchev–Trinajstić information content (AvgIpc) is 2.59. The zero-order chi connectivity index (χ0) is 13.8. The Morgan fingerprint density at radius 2 is 2.17 bits per heavy atom. The highest BCUT2D eigenvalue weighted by molar-refractivity contribution is 7.89. The molecule has 1 rings (SSSR count). The van der Waals surface area contributed by atoms with E-state index in [0.717, 1.165) is 0 Å². The van der Waals surface area contributed by atoms with Crippen molar-refractivity contribution in [1.29, 1.82) is 0 Å². The molecule has 0 aliphatic rings. The first-order chi connectivity index (χ1) is 8.38. The lowest BCUT2D eigenvalue weighted by molar-refractivity contribution is 0.0603. The molecule has 8 heteroatoms. The van der Waals surface area contributed by atoms with Crippen LogP contribution < -0.4 is 4.72 Å². The first-order valence-corrected chi connectivity index (χ1v) is 6.96. The maximum atomic E-state index is 12.0. The lowest BCUT2D eigenvalue weighted by atomic mass is 10.3. The molecule has 0 fully saturated rings. The van der Waals surface area contributed by atoms with Crippen LogP contribution in [0, 0.1) is 13.8 Å². The SMILES string of the molecule is COCC(O)CCNS(=O)(=O)c1c(C)noc1C. The average molecular weight is 278 g/mol. The van der Waals surface area contributed by atoms with Crippen molar-refractivity contribution in [2.24, 2.45) is 0 Å². The van der Waals surface area contributed by atoms with E-state index in [0.29, 0.717) is 5.69 Å². The molecule has 0 saturated heterocycles. The van der Waals surface area contributed by atoms with Gasteiger partial charge in [0.05, 0.1) is 12.7 Å². The molecule has 1 aromatic rings. The van der Waals surface area contributed by atoms with Crippen molar-refractivity contribution in [2.45, 2.75) is 31.3 Å². The van der Waals surface area contributed by atoms with Crippen molar-refractivity contribution in [3.05, 3.63) is 11.5 Å². The van der Waals surface area contributed by atoms with Gasteiger partial charge in [-0.1, -0.05) is 5.16 Å². The first kappa shape index (κ1) is 15.1. The van der Waals surface area contributed by atoms with Crippen LogP contribution in [-0.4, -0.2) is 45.0 Å². The number of ether oxygens (including phenoxy) is 1. The Hall–Kier alpha value is -0.960. The van der Waals surface area contributed by atoms with Crippen LogP contribution in [-0.2, 0) is 14.8 Å². The van der Waals surface area contributed by atoms with Crippen molar-refractivity contribution >= 4 is 10.0 Å². The van der Waals surface area contributed by atoms with Gasteiger partial charge in [-0.2, -0.15) is 0 Å². The van der Waals surface area contributed by atoms with E-state index in [1.54, 1.807) is 6.92 Å². The molecule has 1 aromatic heterocycles. The number of sulfonamides is 1. The fraction of sp³-hybridized carbons (Fsp3) is 0.700. The maximum Gasteiger partial charge on any atom is 0.245 e. The molecule has 7 nitrogen and oxygen atoms in total. The molecule has 0 saturated carbocycles. The molecule has 0 radical (unpaired) electrons. The van der Waals surface area contributed by atoms with Crippen molar-refractivity contribution in [1.82, 2.24) is 9.88 Å². The fourth-order valence-electron chi connectivity index (χ4n) is 1.57. The fourth-order valence-corrected chi connectivity index (χ4v) is 2.94. The predicted molar refractivity (Wildman–Crippen MR) is 63.7 cm³/mol. The summed E-state index contributed by atoms with van der Waals surface area (Å²) in [7, 11) is -2.18. The summed E-state index contributed by atoms with van der Waals surface area (Å²) in [6.45, 7) is 3.39. The Labute approximate surface area is 106 Å². The molecule has 0 aliphatic carbocycles. The van der Waals surface area contributed by atoms with Gasteiger partial charge in [-0.05, 0) is 20.3 Å². The minimum atomic E-state index is -3.65. The van der Waals surface area contributed by atoms with Crippen molar-refractivity contribution < 1.29 is 22.8 Å². The molecule has 1 heterocycles. The van der Waals surface area contributed by atoms with Gasteiger partial charge in [0.2, 0.25) is 10.0 Å². The standard InChI is InChI=1S/C10H18N2O5S/c1-7-10(8(2)17-12-7)18(14,15)11-5-4-9(13)6-16-3/h9,11,13H,4-6H2,1-3H3. The number of aryl methyl sites for hydroxylation is 2. The number of aliphatic hydroxyl groups excluding tert-OH is 1. The van der Waals surface area contributed by atoms with Crippen LogP contribution in [0.5, 0.6) is 0 Å². The van der Waals surface area contributed by atoms with Gasteiger partial charge in [0.1, 0.15) is 10.6 Å². The van der Waals surface area contributed by atoms with Crippen LogP contribution in [0.4, 0.5) is 0 Å². The van der Waals surface area contributed by atoms with Crippen molar-refractivity contribution in [2.75, 3.05) is 20.3 Å². The molecule has 0 bridgehead atoms. The number of hydrogen-bond donors (Lipinski definition) is 2. The molecule has 0 spiro atoms. The van der Waals surface area contributed by atoms with E-state index in [2.05, 4.69) is 9.88 Å². The third-order valence-electron chi connectivity index (χ3n) is 2.37. The third kappa shape index (κ3) is 3.77. The Morgan fingerprint density at radius 1 is 1.50 bits per heavy atom. The lowest BCUT2D eigenvalue weighted by Gasteiger charge is -2.10. The molecule has 104 valence electrons. The van der Waals surface area contributed by atoms with Crippen LogP contribution in [0.2, 0.25) is 0 Å². The van der Waals surface area contributed by atoms with Gasteiger partial charge in [0.25, 0.3) is 0 Å². The number of methoxy groups -OCH3 is 1. The van der Waals surface area contributed by atoms with E-state index in [4.69, 9.17) is 9.26 Å². The molecule has 0 aliphatic heterocycles. The van der Waals surface area contributed by atoms with Crippen LogP contribution in [0.15, 0.2) is 9.42 Å². The summed E-state index contributed by atoms with van der Waals surface area (Å²) in [5.41, 5.74) is 0.317. The Morgan fingerprint density at radius 3 is 2.67 bits per heavy atom. The third-order valence-corrected chi connectivity index (χ3v) is 4.07. The molecule has 1 atom stereocenters. The molecule has 18 heavy (non-hydrogen) atoms. The number of hydrogen-bond acceptors (Lipinski definition) is 6. The summed E-state index contributed by atoms with van der Waals surface area (Å²) in [5.74, 6) is 0.248. The minimum Gasteiger partial charge on any atom is -0.391 e. The van der Waals surface area contributed by atoms with E-state index >= 15 is 0 Å². The van der Waals surface area contributed by atoms with Gasteiger partial charge in [-0.3, -0.25) is 0 Å². The van der Waals surface area contributed by atoms with Gasteiger partial charge < -0.3 is 14.4 Å². The monoisotopic (exact) mass is 278 g/mol. The number of aliphatic hydroxyl groups is 1. The summed E-state index contributed by atoms with van der Waals surface area (Å²) in [4.78, 5) is 0.0590. The smallest absolute Gasteiger partial charge is 0.245 e. The summed E-state index contributed by atoms with van der Waals surface area (Å²) in [6.07, 6.45) is -0.418. The van der Waals surface area contributed by atoms with Crippen LogP contribution in [0.1, 0.15) is 17.9 Å².